The van der Waals surface area contributed by atoms with Crippen LogP contribution in [0.15, 0.2) is 0 Å². The third-order valence-corrected chi connectivity index (χ3v) is 3.67. The summed E-state index contributed by atoms with van der Waals surface area (Å²) in [6.45, 7) is 4.69. The lowest BCUT2D eigenvalue weighted by Crippen LogP contribution is -2.50. The summed E-state index contributed by atoms with van der Waals surface area (Å²) in [4.78, 5) is 12.0. The molecule has 2 N–H and O–H groups in total. The van der Waals surface area contributed by atoms with Crippen LogP contribution in [0.1, 0.15) is 32.6 Å². The van der Waals surface area contributed by atoms with Gasteiger partial charge in [0.2, 0.25) is 5.91 Å². The van der Waals surface area contributed by atoms with Gasteiger partial charge < -0.3 is 15.4 Å². The van der Waals surface area contributed by atoms with Gasteiger partial charge in [-0.15, -0.1) is 0 Å². The smallest absolute Gasteiger partial charge is 0.237 e. The normalized spacial score (nSPS) is 32.3. The molecule has 0 aromatic carbocycles. The summed E-state index contributed by atoms with van der Waals surface area (Å²) in [7, 11) is 0. The molecule has 1 amide bonds. The van der Waals surface area contributed by atoms with Crippen LogP contribution in [-0.4, -0.2) is 37.7 Å². The van der Waals surface area contributed by atoms with Gasteiger partial charge in [0, 0.05) is 18.6 Å². The Morgan fingerprint density at radius 2 is 2.31 bits per heavy atom. The second kappa shape index (κ2) is 5.64. The maximum absolute atomic E-state index is 12.0. The standard InChI is InChI=1S/C12H22N2O2/c1-9(10-5-7-16-8-10)14-12(15)11-4-2-3-6-13-11/h9-11,13H,2-8H2,1H3,(H,14,15)/t9?,10?,11-/m1/s1. The SMILES string of the molecule is CC(NC(=O)[C@H]1CCCCN1)C1CCOC1. The Labute approximate surface area is 97.1 Å². The van der Waals surface area contributed by atoms with E-state index in [9.17, 15) is 4.79 Å². The summed E-state index contributed by atoms with van der Waals surface area (Å²) in [5, 5.41) is 6.38. The molecular weight excluding hydrogens is 204 g/mol. The van der Waals surface area contributed by atoms with E-state index >= 15 is 0 Å². The monoisotopic (exact) mass is 226 g/mol. The van der Waals surface area contributed by atoms with Crippen molar-refractivity contribution < 1.29 is 9.53 Å². The molecule has 2 saturated heterocycles. The molecular formula is C12H22N2O2. The zero-order chi connectivity index (χ0) is 11.4. The van der Waals surface area contributed by atoms with Gasteiger partial charge >= 0.3 is 0 Å². The Morgan fingerprint density at radius 1 is 1.44 bits per heavy atom. The van der Waals surface area contributed by atoms with Crippen molar-refractivity contribution in [3.8, 4) is 0 Å². The predicted octanol–water partition coefficient (Wildman–Crippen LogP) is 0.670. The molecule has 2 unspecified atom stereocenters. The molecule has 92 valence electrons. The predicted molar refractivity (Wildman–Crippen MR) is 62.2 cm³/mol. The second-order valence-corrected chi connectivity index (χ2v) is 4.92. The lowest BCUT2D eigenvalue weighted by Gasteiger charge is -2.26. The van der Waals surface area contributed by atoms with Crippen molar-refractivity contribution in [1.82, 2.24) is 10.6 Å². The van der Waals surface area contributed by atoms with Crippen LogP contribution in [0.25, 0.3) is 0 Å². The highest BCUT2D eigenvalue weighted by molar-refractivity contribution is 5.82. The molecule has 0 saturated carbocycles. The highest BCUT2D eigenvalue weighted by atomic mass is 16.5. The molecule has 2 aliphatic rings. The van der Waals surface area contributed by atoms with Crippen molar-refractivity contribution in [3.05, 3.63) is 0 Å². The minimum Gasteiger partial charge on any atom is -0.381 e. The molecule has 0 radical (unpaired) electrons. The van der Waals surface area contributed by atoms with Crippen LogP contribution in [0.3, 0.4) is 0 Å². The van der Waals surface area contributed by atoms with Crippen molar-refractivity contribution in [3.63, 3.8) is 0 Å². The molecule has 4 heteroatoms. The van der Waals surface area contributed by atoms with Crippen LogP contribution in [0, 0.1) is 5.92 Å². The van der Waals surface area contributed by atoms with Crippen LogP contribution < -0.4 is 10.6 Å². The second-order valence-electron chi connectivity index (χ2n) is 4.92. The van der Waals surface area contributed by atoms with E-state index in [0.29, 0.717) is 5.92 Å². The lowest BCUT2D eigenvalue weighted by molar-refractivity contribution is -0.124. The number of hydrogen-bond acceptors (Lipinski definition) is 3. The van der Waals surface area contributed by atoms with Gasteiger partial charge in [-0.3, -0.25) is 4.79 Å². The highest BCUT2D eigenvalue weighted by Gasteiger charge is 2.26. The van der Waals surface area contributed by atoms with E-state index in [1.807, 2.05) is 0 Å². The van der Waals surface area contributed by atoms with Gasteiger partial charge in [-0.25, -0.2) is 0 Å². The number of ether oxygens (including phenoxy) is 1. The molecule has 16 heavy (non-hydrogen) atoms. The van der Waals surface area contributed by atoms with Gasteiger partial charge in [0.05, 0.1) is 12.6 Å². The zero-order valence-corrected chi connectivity index (χ0v) is 10.00. The van der Waals surface area contributed by atoms with Gasteiger partial charge in [0.1, 0.15) is 0 Å². The van der Waals surface area contributed by atoms with Gasteiger partial charge in [-0.2, -0.15) is 0 Å². The third kappa shape index (κ3) is 2.95. The number of rotatable bonds is 3. The van der Waals surface area contributed by atoms with Crippen molar-refractivity contribution in [2.75, 3.05) is 19.8 Å². The van der Waals surface area contributed by atoms with E-state index in [1.54, 1.807) is 0 Å². The topological polar surface area (TPSA) is 50.4 Å². The molecule has 0 aromatic rings. The average Bonchev–Trinajstić information content (AvgIpc) is 2.83. The van der Waals surface area contributed by atoms with E-state index in [-0.39, 0.29) is 18.0 Å². The first-order valence-electron chi connectivity index (χ1n) is 6.39. The largest absolute Gasteiger partial charge is 0.381 e. The van der Waals surface area contributed by atoms with Crippen molar-refractivity contribution in [2.24, 2.45) is 5.92 Å². The Hall–Kier alpha value is -0.610. The van der Waals surface area contributed by atoms with Crippen molar-refractivity contribution >= 4 is 5.91 Å². The number of carbonyl (C=O) groups excluding carboxylic acids is 1. The van der Waals surface area contributed by atoms with Crippen LogP contribution >= 0.6 is 0 Å². The summed E-state index contributed by atoms with van der Waals surface area (Å²) in [6.07, 6.45) is 4.39. The maximum atomic E-state index is 12.0. The molecule has 0 aliphatic carbocycles. The van der Waals surface area contributed by atoms with Gasteiger partial charge in [0.15, 0.2) is 0 Å². The van der Waals surface area contributed by atoms with Crippen LogP contribution in [0.2, 0.25) is 0 Å². The number of hydrogen-bond donors (Lipinski definition) is 2. The minimum absolute atomic E-state index is 0.0264. The fourth-order valence-electron chi connectivity index (χ4n) is 2.47. The van der Waals surface area contributed by atoms with E-state index in [1.165, 1.54) is 6.42 Å². The molecule has 0 spiro atoms. The van der Waals surface area contributed by atoms with E-state index in [4.69, 9.17) is 4.74 Å². The zero-order valence-electron chi connectivity index (χ0n) is 10.00. The summed E-state index contributed by atoms with van der Waals surface area (Å²) in [6, 6.07) is 0.261. The first-order chi connectivity index (χ1) is 7.77. The Kier molecular flexibility index (Phi) is 4.18. The van der Waals surface area contributed by atoms with E-state index in [2.05, 4.69) is 17.6 Å². The quantitative estimate of drug-likeness (QED) is 0.743. The fourth-order valence-corrected chi connectivity index (χ4v) is 2.47. The molecule has 4 nitrogen and oxygen atoms in total. The number of nitrogens with one attached hydrogen (secondary N) is 2. The van der Waals surface area contributed by atoms with Gasteiger partial charge in [0.25, 0.3) is 0 Å². The van der Waals surface area contributed by atoms with Gasteiger partial charge in [-0.1, -0.05) is 6.42 Å². The minimum atomic E-state index is 0.0264. The molecule has 3 atom stereocenters. The fraction of sp³-hybridized carbons (Fsp3) is 0.917. The Morgan fingerprint density at radius 3 is 2.94 bits per heavy atom. The number of carbonyl (C=O) groups is 1. The van der Waals surface area contributed by atoms with Crippen LogP contribution in [0.5, 0.6) is 0 Å². The first kappa shape index (κ1) is 11.9. The van der Waals surface area contributed by atoms with E-state index in [0.717, 1.165) is 39.0 Å². The summed E-state index contributed by atoms with van der Waals surface area (Å²) in [5.74, 6) is 0.659. The van der Waals surface area contributed by atoms with E-state index < -0.39 is 0 Å². The molecule has 2 fully saturated rings. The summed E-state index contributed by atoms with van der Waals surface area (Å²) >= 11 is 0. The van der Waals surface area contributed by atoms with Crippen LogP contribution in [-0.2, 0) is 9.53 Å². The number of amides is 1. The van der Waals surface area contributed by atoms with Gasteiger partial charge in [-0.05, 0) is 32.7 Å². The molecule has 2 aliphatic heterocycles. The highest BCUT2D eigenvalue weighted by Crippen LogP contribution is 2.17. The summed E-state index contributed by atoms with van der Waals surface area (Å²) < 4.78 is 5.34. The first-order valence-corrected chi connectivity index (χ1v) is 6.39. The average molecular weight is 226 g/mol. The summed E-state index contributed by atoms with van der Waals surface area (Å²) in [5.41, 5.74) is 0. The molecule has 0 aromatic heterocycles. The van der Waals surface area contributed by atoms with Crippen LogP contribution in [0.4, 0.5) is 0 Å². The molecule has 0 bridgehead atoms. The Balaban J connectivity index is 1.76. The molecule has 2 rings (SSSR count). The third-order valence-electron chi connectivity index (χ3n) is 3.67. The van der Waals surface area contributed by atoms with Crippen molar-refractivity contribution in [2.45, 2.75) is 44.7 Å². The maximum Gasteiger partial charge on any atom is 0.237 e. The lowest BCUT2D eigenvalue weighted by atomic mass is 9.99. The van der Waals surface area contributed by atoms with Crippen molar-refractivity contribution in [1.29, 1.82) is 0 Å². The molecule has 2 heterocycles. The number of piperidine rings is 1. The Bertz CT molecular complexity index is 233.